The maximum Gasteiger partial charge on any atom is 0.418 e. The molecule has 0 aromatic carbocycles. The van der Waals surface area contributed by atoms with Crippen molar-refractivity contribution in [1.29, 1.82) is 0 Å². The van der Waals surface area contributed by atoms with Gasteiger partial charge in [0.25, 0.3) is 5.91 Å². The standard InChI is InChI=1S/C13H20N4O7S/c14-8-2-1-3-9(8)23-15-11(18)10-7-4-5-13(7)6-16(10)12(19)17(13)24-25(20,21)22/h7-10H,1-6,14H2,(H,15,18)(H,20,21,22). The molecule has 4 N–H and O–H groups in total. The van der Waals surface area contributed by atoms with Crippen LogP contribution in [-0.2, 0) is 24.3 Å². The molecule has 5 unspecified atom stereocenters. The van der Waals surface area contributed by atoms with Crippen molar-refractivity contribution in [2.24, 2.45) is 11.7 Å². The van der Waals surface area contributed by atoms with Crippen LogP contribution >= 0.6 is 0 Å². The molecule has 2 aliphatic carbocycles. The molecule has 4 rings (SSSR count). The van der Waals surface area contributed by atoms with Gasteiger partial charge in [-0.05, 0) is 32.1 Å². The first-order valence-corrected chi connectivity index (χ1v) is 9.58. The smallest absolute Gasteiger partial charge is 0.325 e. The fraction of sp³-hybridized carbons (Fsp3) is 0.846. The lowest BCUT2D eigenvalue weighted by Crippen LogP contribution is -2.66. The van der Waals surface area contributed by atoms with Gasteiger partial charge in [-0.25, -0.2) is 10.3 Å². The molecule has 4 fully saturated rings. The lowest BCUT2D eigenvalue weighted by molar-refractivity contribution is -0.165. The Morgan fingerprint density at radius 3 is 2.68 bits per heavy atom. The monoisotopic (exact) mass is 376 g/mol. The largest absolute Gasteiger partial charge is 0.418 e. The van der Waals surface area contributed by atoms with Crippen LogP contribution in [0.4, 0.5) is 4.79 Å². The van der Waals surface area contributed by atoms with Gasteiger partial charge in [0.15, 0.2) is 0 Å². The van der Waals surface area contributed by atoms with Crippen LogP contribution in [0.3, 0.4) is 0 Å². The molecule has 2 aliphatic heterocycles. The zero-order valence-electron chi connectivity index (χ0n) is 13.3. The molecule has 0 aromatic heterocycles. The van der Waals surface area contributed by atoms with E-state index >= 15 is 0 Å². The lowest BCUT2D eigenvalue weighted by atomic mass is 9.65. The second kappa shape index (κ2) is 5.51. The van der Waals surface area contributed by atoms with E-state index in [2.05, 4.69) is 9.76 Å². The Kier molecular flexibility index (Phi) is 3.74. The zero-order valence-corrected chi connectivity index (χ0v) is 14.1. The molecule has 11 nitrogen and oxygen atoms in total. The predicted octanol–water partition coefficient (Wildman–Crippen LogP) is -1.08. The van der Waals surface area contributed by atoms with Crippen LogP contribution in [0.25, 0.3) is 0 Å². The number of amides is 3. The van der Waals surface area contributed by atoms with Crippen molar-refractivity contribution < 1.29 is 31.7 Å². The number of nitrogens with one attached hydrogen (secondary N) is 1. The van der Waals surface area contributed by atoms with E-state index in [1.165, 1.54) is 4.90 Å². The summed E-state index contributed by atoms with van der Waals surface area (Å²) in [4.78, 5) is 31.6. The molecule has 2 saturated carbocycles. The average Bonchev–Trinajstić information content (AvgIpc) is 3.10. The molecule has 3 amide bonds. The molecule has 0 radical (unpaired) electrons. The molecule has 1 spiro atoms. The van der Waals surface area contributed by atoms with Gasteiger partial charge in [0, 0.05) is 18.5 Å². The van der Waals surface area contributed by atoms with Crippen LogP contribution in [0.1, 0.15) is 32.1 Å². The normalized spacial score (nSPS) is 39.5. The number of hydrogen-bond donors (Lipinski definition) is 3. The third kappa shape index (κ3) is 2.51. The average molecular weight is 376 g/mol. The number of rotatable bonds is 5. The molecule has 140 valence electrons. The number of fused-ring (bicyclic) bond motifs is 1. The van der Waals surface area contributed by atoms with E-state index in [1.54, 1.807) is 0 Å². The fourth-order valence-electron chi connectivity index (χ4n) is 4.53. The van der Waals surface area contributed by atoms with Gasteiger partial charge < -0.3 is 10.6 Å². The number of nitrogens with two attached hydrogens (primary N) is 1. The van der Waals surface area contributed by atoms with E-state index in [-0.39, 0.29) is 24.6 Å². The zero-order chi connectivity index (χ0) is 18.0. The van der Waals surface area contributed by atoms with Crippen molar-refractivity contribution in [2.75, 3.05) is 6.54 Å². The molecular formula is C13H20N4O7S. The minimum atomic E-state index is -4.82. The van der Waals surface area contributed by atoms with Crippen molar-refractivity contribution in [3.8, 4) is 0 Å². The molecule has 2 bridgehead atoms. The first kappa shape index (κ1) is 17.0. The van der Waals surface area contributed by atoms with Gasteiger partial charge in [-0.15, -0.1) is 4.28 Å². The minimum Gasteiger partial charge on any atom is -0.325 e. The van der Waals surface area contributed by atoms with Crippen molar-refractivity contribution in [3.63, 3.8) is 0 Å². The molecule has 4 aliphatic rings. The maximum atomic E-state index is 12.5. The van der Waals surface area contributed by atoms with Gasteiger partial charge in [-0.3, -0.25) is 14.2 Å². The summed E-state index contributed by atoms with van der Waals surface area (Å²) in [6.07, 6.45) is 3.41. The highest BCUT2D eigenvalue weighted by Gasteiger charge is 2.72. The third-order valence-corrected chi connectivity index (χ3v) is 6.15. The molecule has 0 aromatic rings. The molecule has 2 saturated heterocycles. The molecular weight excluding hydrogens is 356 g/mol. The summed E-state index contributed by atoms with van der Waals surface area (Å²) in [6, 6.07) is -1.64. The summed E-state index contributed by atoms with van der Waals surface area (Å²) >= 11 is 0. The van der Waals surface area contributed by atoms with Gasteiger partial charge in [0.2, 0.25) is 0 Å². The van der Waals surface area contributed by atoms with Gasteiger partial charge in [0.1, 0.15) is 12.1 Å². The highest BCUT2D eigenvalue weighted by molar-refractivity contribution is 7.80. The summed E-state index contributed by atoms with van der Waals surface area (Å²) in [5.41, 5.74) is 7.40. The van der Waals surface area contributed by atoms with Crippen LogP contribution in [0.15, 0.2) is 0 Å². The number of urea groups is 1. The number of hydroxylamine groups is 3. The molecule has 25 heavy (non-hydrogen) atoms. The van der Waals surface area contributed by atoms with Crippen LogP contribution < -0.4 is 11.2 Å². The van der Waals surface area contributed by atoms with E-state index in [0.29, 0.717) is 17.9 Å². The Labute approximate surface area is 144 Å². The topological polar surface area (TPSA) is 151 Å². The number of carbonyl (C=O) groups excluding carboxylic acids is 2. The van der Waals surface area contributed by atoms with E-state index in [1.807, 2.05) is 0 Å². The fourth-order valence-corrected chi connectivity index (χ4v) is 4.93. The quantitative estimate of drug-likeness (QED) is 0.405. The summed E-state index contributed by atoms with van der Waals surface area (Å²) in [5.74, 6) is -0.738. The van der Waals surface area contributed by atoms with E-state index in [9.17, 15) is 18.0 Å². The molecule has 2 heterocycles. The summed E-state index contributed by atoms with van der Waals surface area (Å²) in [5, 5.41) is 0.689. The number of nitrogens with zero attached hydrogens (tertiary/aromatic N) is 2. The second-order valence-electron chi connectivity index (χ2n) is 7.12. The maximum absolute atomic E-state index is 12.5. The SMILES string of the molecule is NC1CCCC1ONC(=O)C1C2CCC23CN1C(=O)N3OS(=O)(=O)O. The van der Waals surface area contributed by atoms with Crippen molar-refractivity contribution in [2.45, 2.75) is 55.8 Å². The number of hydrogen-bond acceptors (Lipinski definition) is 7. The lowest BCUT2D eigenvalue weighted by Gasteiger charge is -2.50. The highest BCUT2D eigenvalue weighted by Crippen LogP contribution is 2.57. The summed E-state index contributed by atoms with van der Waals surface area (Å²) < 4.78 is 35.3. The van der Waals surface area contributed by atoms with Gasteiger partial charge >= 0.3 is 16.4 Å². The second-order valence-corrected chi connectivity index (χ2v) is 8.12. The highest BCUT2D eigenvalue weighted by atomic mass is 32.3. The minimum absolute atomic E-state index is 0.129. The summed E-state index contributed by atoms with van der Waals surface area (Å²) in [6.45, 7) is 0.174. The Hall–Kier alpha value is -1.47. The van der Waals surface area contributed by atoms with E-state index in [4.69, 9.17) is 15.1 Å². The first-order valence-electron chi connectivity index (χ1n) is 8.22. The van der Waals surface area contributed by atoms with Gasteiger partial charge in [-0.2, -0.15) is 13.5 Å². The van der Waals surface area contributed by atoms with Crippen LogP contribution in [-0.4, -0.2) is 65.1 Å². The van der Waals surface area contributed by atoms with Crippen LogP contribution in [0.2, 0.25) is 0 Å². The van der Waals surface area contributed by atoms with Crippen molar-refractivity contribution in [3.05, 3.63) is 0 Å². The Morgan fingerprint density at radius 2 is 2.12 bits per heavy atom. The molecule has 12 heteroatoms. The van der Waals surface area contributed by atoms with Crippen LogP contribution in [0, 0.1) is 5.92 Å². The van der Waals surface area contributed by atoms with Crippen molar-refractivity contribution >= 4 is 22.3 Å². The summed E-state index contributed by atoms with van der Waals surface area (Å²) in [7, 11) is -4.82. The first-order chi connectivity index (χ1) is 11.7. The van der Waals surface area contributed by atoms with Crippen molar-refractivity contribution in [1.82, 2.24) is 15.4 Å². The Bertz CT molecular complexity index is 715. The van der Waals surface area contributed by atoms with E-state index in [0.717, 1.165) is 19.3 Å². The Balaban J connectivity index is 1.45. The predicted molar refractivity (Wildman–Crippen MR) is 80.7 cm³/mol. The molecule has 5 atom stereocenters. The van der Waals surface area contributed by atoms with E-state index < -0.39 is 33.9 Å². The third-order valence-electron chi connectivity index (χ3n) is 5.82. The van der Waals surface area contributed by atoms with Crippen LogP contribution in [0.5, 0.6) is 0 Å². The van der Waals surface area contributed by atoms with Gasteiger partial charge in [-0.1, -0.05) is 0 Å². The Morgan fingerprint density at radius 1 is 1.36 bits per heavy atom. The van der Waals surface area contributed by atoms with Gasteiger partial charge in [0.05, 0.1) is 5.54 Å². The number of carbonyl (C=O) groups is 2.